The van der Waals surface area contributed by atoms with Crippen molar-refractivity contribution in [1.82, 2.24) is 10.2 Å². The fraction of sp³-hybridized carbons (Fsp3) is 0.323. The summed E-state index contributed by atoms with van der Waals surface area (Å²) in [6, 6.07) is 21.6. The highest BCUT2D eigenvalue weighted by atomic mass is 16.5. The van der Waals surface area contributed by atoms with E-state index in [-0.39, 0.29) is 5.91 Å². The van der Waals surface area contributed by atoms with Crippen LogP contribution in [0.3, 0.4) is 0 Å². The van der Waals surface area contributed by atoms with Gasteiger partial charge in [-0.3, -0.25) is 4.79 Å². The summed E-state index contributed by atoms with van der Waals surface area (Å²) in [6.45, 7) is 4.42. The molecule has 4 rings (SSSR count). The van der Waals surface area contributed by atoms with Gasteiger partial charge < -0.3 is 35.4 Å². The summed E-state index contributed by atoms with van der Waals surface area (Å²) in [5.41, 5.74) is 3.97. The molecule has 3 amide bonds. The monoisotopic (exact) mass is 555 g/mol. The van der Waals surface area contributed by atoms with Crippen molar-refractivity contribution in [3.8, 4) is 11.8 Å². The molecular weight excluding hydrogens is 518 g/mol. The number of nitrogens with one attached hydrogen (secondary N) is 3. The van der Waals surface area contributed by atoms with Gasteiger partial charge in [0, 0.05) is 49.8 Å². The molecule has 1 aliphatic rings. The van der Waals surface area contributed by atoms with Crippen LogP contribution in [0, 0.1) is 11.3 Å². The number of nitriles is 1. The molecule has 3 aromatic carbocycles. The summed E-state index contributed by atoms with van der Waals surface area (Å²) < 4.78 is 5.55. The number of ether oxygens (including phenoxy) is 1. The maximum absolute atomic E-state index is 13.4. The van der Waals surface area contributed by atoms with E-state index in [1.54, 1.807) is 37.4 Å². The summed E-state index contributed by atoms with van der Waals surface area (Å²) >= 11 is 0. The number of amides is 3. The first-order valence-corrected chi connectivity index (χ1v) is 13.7. The van der Waals surface area contributed by atoms with E-state index in [0.717, 1.165) is 56.3 Å². The highest BCUT2D eigenvalue weighted by Crippen LogP contribution is 2.31. The molecule has 3 aromatic rings. The lowest BCUT2D eigenvalue weighted by atomic mass is 10.1. The molecule has 0 aliphatic carbocycles. The lowest BCUT2D eigenvalue weighted by molar-refractivity contribution is 0.0952. The quantitative estimate of drug-likeness (QED) is 0.321. The van der Waals surface area contributed by atoms with Crippen molar-refractivity contribution in [2.75, 3.05) is 80.9 Å². The number of para-hydroxylation sites is 2. The Labute approximate surface area is 241 Å². The minimum Gasteiger partial charge on any atom is -0.495 e. The fourth-order valence-corrected chi connectivity index (χ4v) is 4.76. The molecule has 214 valence electrons. The zero-order valence-electron chi connectivity index (χ0n) is 23.8. The molecule has 41 heavy (non-hydrogen) atoms. The van der Waals surface area contributed by atoms with Gasteiger partial charge in [-0.1, -0.05) is 12.1 Å². The predicted octanol–water partition coefficient (Wildman–Crippen LogP) is 4.22. The second-order valence-corrected chi connectivity index (χ2v) is 10.1. The van der Waals surface area contributed by atoms with Gasteiger partial charge in [0.05, 0.1) is 30.0 Å². The molecule has 0 bridgehead atoms. The van der Waals surface area contributed by atoms with Crippen molar-refractivity contribution < 1.29 is 14.3 Å². The minimum atomic E-state index is -0.440. The van der Waals surface area contributed by atoms with Crippen LogP contribution in [0.5, 0.6) is 5.75 Å². The smallest absolute Gasteiger partial charge is 0.323 e. The molecule has 0 radical (unpaired) electrons. The number of rotatable bonds is 10. The van der Waals surface area contributed by atoms with Crippen LogP contribution in [0.4, 0.5) is 27.5 Å². The fourth-order valence-electron chi connectivity index (χ4n) is 4.76. The number of methoxy groups -OCH3 is 1. The van der Waals surface area contributed by atoms with Gasteiger partial charge in [0.2, 0.25) is 0 Å². The van der Waals surface area contributed by atoms with E-state index < -0.39 is 6.03 Å². The third kappa shape index (κ3) is 7.90. The van der Waals surface area contributed by atoms with Gasteiger partial charge in [0.25, 0.3) is 5.91 Å². The molecule has 0 saturated carbocycles. The van der Waals surface area contributed by atoms with Crippen molar-refractivity contribution in [3.05, 3.63) is 77.9 Å². The Bertz CT molecular complexity index is 1380. The molecule has 10 heteroatoms. The van der Waals surface area contributed by atoms with Crippen LogP contribution in [0.15, 0.2) is 66.7 Å². The molecule has 3 N–H and O–H groups in total. The zero-order valence-corrected chi connectivity index (χ0v) is 23.8. The summed E-state index contributed by atoms with van der Waals surface area (Å²) in [7, 11) is 5.68. The number of piperazine rings is 1. The number of urea groups is 1. The molecule has 1 fully saturated rings. The molecule has 1 saturated heterocycles. The summed E-state index contributed by atoms with van der Waals surface area (Å²) in [5.74, 6) is 0.663. The van der Waals surface area contributed by atoms with Crippen molar-refractivity contribution in [2.24, 2.45) is 0 Å². The van der Waals surface area contributed by atoms with Crippen LogP contribution in [0.1, 0.15) is 22.3 Å². The van der Waals surface area contributed by atoms with Crippen molar-refractivity contribution in [2.45, 2.75) is 6.42 Å². The minimum absolute atomic E-state index is 0.179. The van der Waals surface area contributed by atoms with Gasteiger partial charge in [-0.2, -0.15) is 5.26 Å². The number of carbonyl (C=O) groups is 2. The lowest BCUT2D eigenvalue weighted by Gasteiger charge is -2.38. The molecule has 1 heterocycles. The first-order chi connectivity index (χ1) is 19.9. The van der Waals surface area contributed by atoms with E-state index in [9.17, 15) is 9.59 Å². The zero-order chi connectivity index (χ0) is 29.2. The van der Waals surface area contributed by atoms with Crippen LogP contribution < -0.4 is 30.5 Å². The van der Waals surface area contributed by atoms with E-state index in [2.05, 4.69) is 42.8 Å². The largest absolute Gasteiger partial charge is 0.495 e. The first kappa shape index (κ1) is 29.2. The molecule has 0 atom stereocenters. The Morgan fingerprint density at radius 2 is 1.54 bits per heavy atom. The molecule has 0 aromatic heterocycles. The van der Waals surface area contributed by atoms with E-state index in [1.807, 2.05) is 44.4 Å². The van der Waals surface area contributed by atoms with Crippen molar-refractivity contribution in [3.63, 3.8) is 0 Å². The molecular formula is C31H37N7O3. The number of hydrogen-bond donors (Lipinski definition) is 3. The highest BCUT2D eigenvalue weighted by Gasteiger charge is 2.24. The van der Waals surface area contributed by atoms with Gasteiger partial charge in [-0.25, -0.2) is 4.79 Å². The average Bonchev–Trinajstić information content (AvgIpc) is 2.99. The van der Waals surface area contributed by atoms with Gasteiger partial charge in [-0.15, -0.1) is 0 Å². The van der Waals surface area contributed by atoms with Gasteiger partial charge in [-0.05, 0) is 81.7 Å². The van der Waals surface area contributed by atoms with Crippen molar-refractivity contribution in [1.29, 1.82) is 5.26 Å². The van der Waals surface area contributed by atoms with Gasteiger partial charge in [0.15, 0.2) is 0 Å². The summed E-state index contributed by atoms with van der Waals surface area (Å²) in [6.07, 6.45) is 0.830. The Kier molecular flexibility index (Phi) is 10.0. The Balaban J connectivity index is 1.48. The number of anilines is 4. The molecule has 10 nitrogen and oxygen atoms in total. The van der Waals surface area contributed by atoms with Gasteiger partial charge >= 0.3 is 6.03 Å². The molecule has 1 aliphatic heterocycles. The normalized spacial score (nSPS) is 13.0. The summed E-state index contributed by atoms with van der Waals surface area (Å²) in [5, 5.41) is 17.6. The number of nitrogens with zero attached hydrogens (tertiary/aromatic N) is 4. The summed E-state index contributed by atoms with van der Waals surface area (Å²) in [4.78, 5) is 32.6. The van der Waals surface area contributed by atoms with Crippen LogP contribution >= 0.6 is 0 Å². The lowest BCUT2D eigenvalue weighted by Crippen LogP contribution is -2.47. The Morgan fingerprint density at radius 1 is 0.902 bits per heavy atom. The third-order valence-electron chi connectivity index (χ3n) is 6.88. The Hall–Kier alpha value is -4.75. The average molecular weight is 556 g/mol. The number of carbonyl (C=O) groups excluding carboxylic acids is 2. The SMILES string of the molecule is COc1ccccc1N1CCN(c2ccc(NC(=O)Nc3ccc(C#N)cc3)cc2C(=O)NCCCN(C)C)CC1. The van der Waals surface area contributed by atoms with E-state index in [4.69, 9.17) is 10.00 Å². The van der Waals surface area contributed by atoms with E-state index in [1.165, 1.54) is 0 Å². The highest BCUT2D eigenvalue weighted by molar-refractivity contribution is 6.04. The standard InChI is InChI=1S/C31H37N7O3/c1-36(2)16-6-15-33-30(39)26-21-25(35-31(40)34-24-11-9-23(22-32)10-12-24)13-14-27(26)37-17-19-38(20-18-37)28-7-4-5-8-29(28)41-3/h4-5,7-14,21H,6,15-20H2,1-3H3,(H,33,39)(H2,34,35,40). The van der Waals surface area contributed by atoms with E-state index in [0.29, 0.717) is 29.0 Å². The maximum atomic E-state index is 13.4. The van der Waals surface area contributed by atoms with Gasteiger partial charge in [0.1, 0.15) is 5.75 Å². The third-order valence-corrected chi connectivity index (χ3v) is 6.88. The van der Waals surface area contributed by atoms with Crippen LogP contribution in [-0.4, -0.2) is 77.3 Å². The van der Waals surface area contributed by atoms with Crippen molar-refractivity contribution >= 4 is 34.7 Å². The topological polar surface area (TPSA) is 113 Å². The van der Waals surface area contributed by atoms with Crippen LogP contribution in [0.25, 0.3) is 0 Å². The molecule has 0 spiro atoms. The number of hydrogen-bond acceptors (Lipinski definition) is 7. The first-order valence-electron chi connectivity index (χ1n) is 13.7. The molecule has 0 unspecified atom stereocenters. The Morgan fingerprint density at radius 3 is 2.20 bits per heavy atom. The second-order valence-electron chi connectivity index (χ2n) is 10.1. The number of benzene rings is 3. The van der Waals surface area contributed by atoms with E-state index >= 15 is 0 Å². The van der Waals surface area contributed by atoms with Crippen LogP contribution in [0.2, 0.25) is 0 Å². The van der Waals surface area contributed by atoms with Crippen LogP contribution in [-0.2, 0) is 0 Å². The predicted molar refractivity (Wildman–Crippen MR) is 163 cm³/mol. The maximum Gasteiger partial charge on any atom is 0.323 e. The second kappa shape index (κ2) is 14.1.